The number of carbonyl (C=O) groups is 2. The van der Waals surface area contributed by atoms with Gasteiger partial charge in [-0.15, -0.1) is 0 Å². The van der Waals surface area contributed by atoms with Crippen molar-refractivity contribution in [2.45, 2.75) is 131 Å². The summed E-state index contributed by atoms with van der Waals surface area (Å²) in [7, 11) is 0. The number of carbonyl (C=O) groups excluding carboxylic acids is 2. The van der Waals surface area contributed by atoms with Gasteiger partial charge in [-0.05, 0) is 92.8 Å². The molecule has 6 aliphatic rings. The van der Waals surface area contributed by atoms with E-state index < -0.39 is 6.29 Å². The molecule has 5 fully saturated rings. The Morgan fingerprint density at radius 2 is 1.73 bits per heavy atom. The molecule has 0 amide bonds. The van der Waals surface area contributed by atoms with Crippen molar-refractivity contribution < 1.29 is 23.8 Å². The van der Waals surface area contributed by atoms with E-state index >= 15 is 0 Å². The molecule has 2 aliphatic heterocycles. The van der Waals surface area contributed by atoms with Crippen molar-refractivity contribution in [1.82, 2.24) is 0 Å². The Balaban J connectivity index is 1.31. The zero-order valence-electron chi connectivity index (χ0n) is 24.3. The predicted octanol–water partition coefficient (Wildman–Crippen LogP) is 6.63. The van der Waals surface area contributed by atoms with Crippen molar-refractivity contribution in [3.8, 4) is 0 Å². The summed E-state index contributed by atoms with van der Waals surface area (Å²) in [5, 5.41) is 0. The van der Waals surface area contributed by atoms with Crippen molar-refractivity contribution in [3.63, 3.8) is 0 Å². The quantitative estimate of drug-likeness (QED) is 0.241. The molecule has 0 unspecified atom stereocenters. The summed E-state index contributed by atoms with van der Waals surface area (Å²) in [6.45, 7) is 17.7. The number of rotatable bonds is 3. The van der Waals surface area contributed by atoms with Gasteiger partial charge in [-0.25, -0.2) is 0 Å². The molecule has 0 bridgehead atoms. The van der Waals surface area contributed by atoms with Crippen LogP contribution in [0.4, 0.5) is 0 Å². The van der Waals surface area contributed by atoms with Crippen molar-refractivity contribution in [2.75, 3.05) is 0 Å². The number of hydrogen-bond donors (Lipinski definition) is 0. The minimum atomic E-state index is -0.475. The van der Waals surface area contributed by atoms with Gasteiger partial charge in [0.15, 0.2) is 0 Å². The number of Topliss-reactive ketones (excluding diaryl/α,β-unsaturated/α-hetero) is 1. The molecule has 3 saturated carbocycles. The SMILES string of the molecule is CC(=O)O[C@@H]1O[C@@H]([C@H]2OC2(C)C)C[C@H]1[C@@H]1CC[C@]2(C)C3=CC[C@H]4C(C)(C)C(=O)CC[C@]4(C)[C@H]3CC[C@]12C. The van der Waals surface area contributed by atoms with E-state index in [0.717, 1.165) is 32.1 Å². The lowest BCUT2D eigenvalue weighted by molar-refractivity contribution is -0.186. The lowest BCUT2D eigenvalue weighted by Gasteiger charge is -2.63. The molecule has 4 aliphatic carbocycles. The summed E-state index contributed by atoms with van der Waals surface area (Å²) in [6, 6.07) is 0. The first-order chi connectivity index (χ1) is 17.1. The van der Waals surface area contributed by atoms with E-state index in [1.807, 2.05) is 0 Å². The predicted molar refractivity (Wildman–Crippen MR) is 141 cm³/mol. The van der Waals surface area contributed by atoms with Crippen LogP contribution in [0.2, 0.25) is 0 Å². The standard InChI is InChI=1S/C32H48O5/c1-18(33)35-27-19(17-23(36-27)26-29(4,5)37-26)20-11-15-32(8)22-9-10-24-28(2,3)25(34)13-14-30(24,6)21(22)12-16-31(20,32)7/h9,19-21,23-24,26-27H,10-17H2,1-8H3/t19-,20-,21-,23+,24-,26+,27+,30+,31+,32+/m0/s1. The molecule has 37 heavy (non-hydrogen) atoms. The molecule has 5 nitrogen and oxygen atoms in total. The fourth-order valence-electron chi connectivity index (χ4n) is 10.6. The first-order valence-electron chi connectivity index (χ1n) is 14.9. The van der Waals surface area contributed by atoms with E-state index in [9.17, 15) is 9.59 Å². The Hall–Kier alpha value is -1.20. The lowest BCUT2D eigenvalue weighted by Crippen LogP contribution is -2.57. The summed E-state index contributed by atoms with van der Waals surface area (Å²) in [4.78, 5) is 25.0. The number of hydrogen-bond acceptors (Lipinski definition) is 5. The Morgan fingerprint density at radius 1 is 1.03 bits per heavy atom. The molecule has 0 aromatic heterocycles. The minimum absolute atomic E-state index is 0.00767. The molecule has 2 heterocycles. The second-order valence-corrected chi connectivity index (χ2v) is 15.3. The zero-order chi connectivity index (χ0) is 26.8. The Morgan fingerprint density at radius 3 is 2.38 bits per heavy atom. The van der Waals surface area contributed by atoms with Crippen LogP contribution in [-0.4, -0.2) is 35.9 Å². The highest BCUT2D eigenvalue weighted by atomic mass is 16.7. The van der Waals surface area contributed by atoms with Gasteiger partial charge in [0.1, 0.15) is 11.9 Å². The van der Waals surface area contributed by atoms with Crippen LogP contribution < -0.4 is 0 Å². The molecule has 2 saturated heterocycles. The maximum atomic E-state index is 12.9. The normalized spacial score (nSPS) is 51.5. The minimum Gasteiger partial charge on any atom is -0.436 e. The average Bonchev–Trinajstić information content (AvgIpc) is 3.12. The molecular weight excluding hydrogens is 464 g/mol. The lowest BCUT2D eigenvalue weighted by atomic mass is 9.41. The van der Waals surface area contributed by atoms with Crippen molar-refractivity contribution in [1.29, 1.82) is 0 Å². The first kappa shape index (κ1) is 26.0. The van der Waals surface area contributed by atoms with Crippen molar-refractivity contribution in [2.24, 2.45) is 45.3 Å². The van der Waals surface area contributed by atoms with Gasteiger partial charge in [0.2, 0.25) is 6.29 Å². The molecule has 0 aromatic rings. The van der Waals surface area contributed by atoms with Gasteiger partial charge in [0.05, 0.1) is 11.7 Å². The molecule has 5 heteroatoms. The number of ketones is 1. The van der Waals surface area contributed by atoms with E-state index in [2.05, 4.69) is 54.5 Å². The Bertz CT molecular complexity index is 1040. The van der Waals surface area contributed by atoms with E-state index in [0.29, 0.717) is 23.5 Å². The van der Waals surface area contributed by atoms with E-state index in [-0.39, 0.29) is 51.4 Å². The molecule has 10 atom stereocenters. The maximum absolute atomic E-state index is 12.9. The van der Waals surface area contributed by atoms with E-state index in [1.54, 1.807) is 5.57 Å². The second kappa shape index (κ2) is 7.93. The summed E-state index contributed by atoms with van der Waals surface area (Å²) >= 11 is 0. The summed E-state index contributed by atoms with van der Waals surface area (Å²) in [6.07, 6.45) is 10.6. The van der Waals surface area contributed by atoms with Crippen LogP contribution in [0, 0.1) is 45.3 Å². The Labute approximate surface area is 223 Å². The molecule has 0 N–H and O–H groups in total. The largest absolute Gasteiger partial charge is 0.436 e. The molecular formula is C32H48O5. The van der Waals surface area contributed by atoms with Gasteiger partial charge in [-0.1, -0.05) is 46.3 Å². The fraction of sp³-hybridized carbons (Fsp3) is 0.875. The van der Waals surface area contributed by atoms with Crippen molar-refractivity contribution >= 4 is 11.8 Å². The zero-order valence-corrected chi connectivity index (χ0v) is 24.3. The van der Waals surface area contributed by atoms with Crippen LogP contribution in [0.3, 0.4) is 0 Å². The van der Waals surface area contributed by atoms with Crippen LogP contribution in [0.25, 0.3) is 0 Å². The van der Waals surface area contributed by atoms with Gasteiger partial charge in [0.25, 0.3) is 0 Å². The smallest absolute Gasteiger partial charge is 0.304 e. The van der Waals surface area contributed by atoms with Crippen LogP contribution in [0.1, 0.15) is 107 Å². The third kappa shape index (κ3) is 3.47. The van der Waals surface area contributed by atoms with E-state index in [1.165, 1.54) is 26.2 Å². The van der Waals surface area contributed by atoms with Crippen LogP contribution in [-0.2, 0) is 23.8 Å². The third-order valence-corrected chi connectivity index (χ3v) is 13.0. The number of fused-ring (bicyclic) bond motifs is 5. The van der Waals surface area contributed by atoms with Crippen LogP contribution in [0.15, 0.2) is 11.6 Å². The molecule has 0 spiro atoms. The average molecular weight is 513 g/mol. The second-order valence-electron chi connectivity index (χ2n) is 15.3. The molecule has 206 valence electrons. The molecule has 6 rings (SSSR count). The Kier molecular flexibility index (Phi) is 5.58. The highest BCUT2D eigenvalue weighted by Crippen LogP contribution is 2.73. The number of ether oxygens (including phenoxy) is 3. The summed E-state index contributed by atoms with van der Waals surface area (Å²) < 4.78 is 18.2. The monoisotopic (exact) mass is 512 g/mol. The first-order valence-corrected chi connectivity index (χ1v) is 14.9. The molecule has 0 aromatic carbocycles. The highest BCUT2D eigenvalue weighted by molar-refractivity contribution is 5.85. The van der Waals surface area contributed by atoms with Crippen LogP contribution >= 0.6 is 0 Å². The molecule has 0 radical (unpaired) electrons. The number of allylic oxidation sites excluding steroid dienone is 2. The van der Waals surface area contributed by atoms with Gasteiger partial charge in [0, 0.05) is 24.7 Å². The maximum Gasteiger partial charge on any atom is 0.304 e. The van der Waals surface area contributed by atoms with Gasteiger partial charge in [-0.3, -0.25) is 9.59 Å². The van der Waals surface area contributed by atoms with Gasteiger partial charge >= 0.3 is 5.97 Å². The highest BCUT2D eigenvalue weighted by Gasteiger charge is 2.68. The van der Waals surface area contributed by atoms with Crippen molar-refractivity contribution in [3.05, 3.63) is 11.6 Å². The summed E-state index contributed by atoms with van der Waals surface area (Å²) in [5.74, 6) is 1.84. The van der Waals surface area contributed by atoms with E-state index in [4.69, 9.17) is 14.2 Å². The summed E-state index contributed by atoms with van der Waals surface area (Å²) in [5.41, 5.74) is 1.76. The van der Waals surface area contributed by atoms with Gasteiger partial charge in [-0.2, -0.15) is 0 Å². The fourth-order valence-corrected chi connectivity index (χ4v) is 10.6. The third-order valence-electron chi connectivity index (χ3n) is 13.0. The van der Waals surface area contributed by atoms with Crippen LogP contribution in [0.5, 0.6) is 0 Å². The number of epoxide rings is 1. The number of esters is 1. The van der Waals surface area contributed by atoms with Gasteiger partial charge < -0.3 is 14.2 Å². The topological polar surface area (TPSA) is 65.1 Å².